The summed E-state index contributed by atoms with van der Waals surface area (Å²) in [5.74, 6) is -1.42. The largest absolute Gasteiger partial charge is 0.452 e. The molecule has 0 aromatic heterocycles. The summed E-state index contributed by atoms with van der Waals surface area (Å²) in [5.41, 5.74) is 1.90. The zero-order valence-electron chi connectivity index (χ0n) is 13.6. The van der Waals surface area contributed by atoms with Crippen LogP contribution in [-0.4, -0.2) is 30.9 Å². The van der Waals surface area contributed by atoms with Gasteiger partial charge >= 0.3 is 5.97 Å². The summed E-state index contributed by atoms with van der Waals surface area (Å²) >= 11 is 5.79. The van der Waals surface area contributed by atoms with Crippen LogP contribution in [0.5, 0.6) is 0 Å². The zero-order chi connectivity index (χ0) is 18.5. The molecule has 6 nitrogen and oxygen atoms in total. The molecule has 0 bridgehead atoms. The number of ether oxygens (including phenoxy) is 1. The molecule has 1 heterocycles. The monoisotopic (exact) mass is 370 g/mol. The molecule has 26 heavy (non-hydrogen) atoms. The first-order chi connectivity index (χ1) is 12.5. The van der Waals surface area contributed by atoms with Crippen molar-refractivity contribution >= 4 is 46.8 Å². The third-order valence-electron chi connectivity index (χ3n) is 3.69. The molecule has 0 aliphatic carbocycles. The Labute approximate surface area is 155 Å². The van der Waals surface area contributed by atoms with Gasteiger partial charge in [0.05, 0.1) is 11.4 Å². The molecule has 7 heteroatoms. The highest BCUT2D eigenvalue weighted by Gasteiger charge is 2.26. The number of nitrogens with one attached hydrogen (secondary N) is 1. The highest BCUT2D eigenvalue weighted by molar-refractivity contribution is 6.30. The average Bonchev–Trinajstić information content (AvgIpc) is 2.65. The van der Waals surface area contributed by atoms with Crippen molar-refractivity contribution < 1.29 is 19.1 Å². The van der Waals surface area contributed by atoms with E-state index in [9.17, 15) is 14.4 Å². The van der Waals surface area contributed by atoms with Crippen molar-refractivity contribution in [3.05, 3.63) is 65.2 Å². The number of para-hydroxylation sites is 2. The number of amides is 2. The number of esters is 1. The van der Waals surface area contributed by atoms with Crippen molar-refractivity contribution in [3.8, 4) is 0 Å². The van der Waals surface area contributed by atoms with Crippen molar-refractivity contribution in [1.82, 2.24) is 0 Å². The van der Waals surface area contributed by atoms with E-state index in [1.807, 2.05) is 0 Å². The lowest BCUT2D eigenvalue weighted by molar-refractivity contribution is -0.143. The maximum absolute atomic E-state index is 12.4. The van der Waals surface area contributed by atoms with Gasteiger partial charge in [-0.2, -0.15) is 0 Å². The van der Waals surface area contributed by atoms with Gasteiger partial charge in [0.2, 0.25) is 5.91 Å². The summed E-state index contributed by atoms with van der Waals surface area (Å²) < 4.78 is 4.98. The van der Waals surface area contributed by atoms with Gasteiger partial charge in [-0.25, -0.2) is 4.79 Å². The topological polar surface area (TPSA) is 75.7 Å². The van der Waals surface area contributed by atoms with E-state index < -0.39 is 18.5 Å². The van der Waals surface area contributed by atoms with Gasteiger partial charge < -0.3 is 10.1 Å². The Morgan fingerprint density at radius 3 is 2.65 bits per heavy atom. The third kappa shape index (κ3) is 4.29. The molecule has 2 amide bonds. The fourth-order valence-corrected chi connectivity index (χ4v) is 2.58. The third-order valence-corrected chi connectivity index (χ3v) is 3.94. The Bertz CT molecular complexity index is 877. The van der Waals surface area contributed by atoms with Gasteiger partial charge in [0.15, 0.2) is 6.61 Å². The van der Waals surface area contributed by atoms with Crippen LogP contribution in [0.15, 0.2) is 54.6 Å². The molecular weight excluding hydrogens is 356 g/mol. The first kappa shape index (κ1) is 17.7. The lowest BCUT2D eigenvalue weighted by Gasteiger charge is -2.28. The predicted molar refractivity (Wildman–Crippen MR) is 98.9 cm³/mol. The minimum atomic E-state index is -0.650. The van der Waals surface area contributed by atoms with E-state index in [4.69, 9.17) is 16.3 Å². The van der Waals surface area contributed by atoms with Crippen LogP contribution in [0.25, 0.3) is 6.08 Å². The Hall–Kier alpha value is -3.12. The van der Waals surface area contributed by atoms with E-state index in [1.165, 1.54) is 11.0 Å². The number of nitrogens with zero attached hydrogens (tertiary/aromatic N) is 1. The smallest absolute Gasteiger partial charge is 0.331 e. The molecule has 0 unspecified atom stereocenters. The molecule has 2 aromatic rings. The maximum atomic E-state index is 12.4. The Morgan fingerprint density at radius 2 is 1.88 bits per heavy atom. The van der Waals surface area contributed by atoms with Crippen molar-refractivity contribution in [2.24, 2.45) is 0 Å². The summed E-state index contributed by atoms with van der Waals surface area (Å²) in [6.07, 6.45) is 2.79. The van der Waals surface area contributed by atoms with Crippen LogP contribution < -0.4 is 10.2 Å². The van der Waals surface area contributed by atoms with E-state index in [2.05, 4.69) is 5.32 Å². The molecule has 0 saturated carbocycles. The molecule has 132 valence electrons. The number of hydrogen-bond acceptors (Lipinski definition) is 4. The first-order valence-electron chi connectivity index (χ1n) is 7.82. The van der Waals surface area contributed by atoms with E-state index in [0.717, 1.165) is 5.56 Å². The summed E-state index contributed by atoms with van der Waals surface area (Å²) in [7, 11) is 0. The molecule has 0 saturated heterocycles. The molecule has 0 radical (unpaired) electrons. The van der Waals surface area contributed by atoms with Crippen molar-refractivity contribution in [2.45, 2.75) is 0 Å². The second-order valence-corrected chi connectivity index (χ2v) is 5.97. The van der Waals surface area contributed by atoms with Crippen LogP contribution in [0, 0.1) is 0 Å². The minimum Gasteiger partial charge on any atom is -0.452 e. The van der Waals surface area contributed by atoms with Gasteiger partial charge in [-0.15, -0.1) is 0 Å². The molecule has 0 atom stereocenters. The molecule has 1 aliphatic rings. The Kier molecular flexibility index (Phi) is 5.34. The number of carbonyl (C=O) groups excluding carboxylic acids is 3. The maximum Gasteiger partial charge on any atom is 0.331 e. The lowest BCUT2D eigenvalue weighted by Crippen LogP contribution is -2.43. The van der Waals surface area contributed by atoms with Gasteiger partial charge in [-0.1, -0.05) is 35.9 Å². The van der Waals surface area contributed by atoms with Crippen molar-refractivity contribution in [1.29, 1.82) is 0 Å². The number of fused-ring (bicyclic) bond motifs is 1. The van der Waals surface area contributed by atoms with Crippen LogP contribution in [0.3, 0.4) is 0 Å². The lowest BCUT2D eigenvalue weighted by atomic mass is 10.2. The molecule has 2 aromatic carbocycles. The highest BCUT2D eigenvalue weighted by atomic mass is 35.5. The standard InChI is InChI=1S/C19H15ClN2O4/c20-14-8-5-13(6-9-14)7-10-19(25)26-12-18(24)22-11-17(23)21-15-3-1-2-4-16(15)22/h1-10H,11-12H2,(H,21,23)/b10-7+. The van der Waals surface area contributed by atoms with Gasteiger partial charge in [0.1, 0.15) is 6.54 Å². The number of halogens is 1. The fraction of sp³-hybridized carbons (Fsp3) is 0.105. The van der Waals surface area contributed by atoms with E-state index >= 15 is 0 Å². The second kappa shape index (κ2) is 7.84. The van der Waals surface area contributed by atoms with Gasteiger partial charge in [-0.3, -0.25) is 14.5 Å². The summed E-state index contributed by atoms with van der Waals surface area (Å²) in [4.78, 5) is 37.2. The molecule has 3 rings (SSSR count). The molecule has 1 aliphatic heterocycles. The van der Waals surface area contributed by atoms with Gasteiger partial charge in [-0.05, 0) is 35.9 Å². The van der Waals surface area contributed by atoms with Crippen LogP contribution >= 0.6 is 11.6 Å². The fourth-order valence-electron chi connectivity index (χ4n) is 2.45. The number of rotatable bonds is 4. The van der Waals surface area contributed by atoms with Crippen molar-refractivity contribution in [3.63, 3.8) is 0 Å². The number of benzene rings is 2. The Morgan fingerprint density at radius 1 is 1.15 bits per heavy atom. The van der Waals surface area contributed by atoms with Crippen LogP contribution in [0.1, 0.15) is 5.56 Å². The van der Waals surface area contributed by atoms with Gasteiger partial charge in [0.25, 0.3) is 5.91 Å². The van der Waals surface area contributed by atoms with Crippen LogP contribution in [0.2, 0.25) is 5.02 Å². The van der Waals surface area contributed by atoms with Crippen molar-refractivity contribution in [2.75, 3.05) is 23.4 Å². The van der Waals surface area contributed by atoms with Gasteiger partial charge in [0, 0.05) is 11.1 Å². The number of carbonyl (C=O) groups is 3. The Balaban J connectivity index is 1.59. The second-order valence-electron chi connectivity index (χ2n) is 5.54. The predicted octanol–water partition coefficient (Wildman–Crippen LogP) is 2.88. The SMILES string of the molecule is O=C1CN(C(=O)COC(=O)/C=C/c2ccc(Cl)cc2)c2ccccc2N1. The average molecular weight is 371 g/mol. The summed E-state index contributed by atoms with van der Waals surface area (Å²) in [6.45, 7) is -0.570. The number of hydrogen-bond donors (Lipinski definition) is 1. The normalized spacial score (nSPS) is 13.3. The van der Waals surface area contributed by atoms with Crippen LogP contribution in [0.4, 0.5) is 11.4 Å². The van der Waals surface area contributed by atoms with E-state index in [-0.39, 0.29) is 12.5 Å². The van der Waals surface area contributed by atoms with E-state index in [1.54, 1.807) is 54.6 Å². The summed E-state index contributed by atoms with van der Waals surface area (Å²) in [5, 5.41) is 3.29. The molecule has 1 N–H and O–H groups in total. The van der Waals surface area contributed by atoms with E-state index in [0.29, 0.717) is 16.4 Å². The number of anilines is 2. The minimum absolute atomic E-state index is 0.117. The first-order valence-corrected chi connectivity index (χ1v) is 8.20. The highest BCUT2D eigenvalue weighted by Crippen LogP contribution is 2.28. The summed E-state index contributed by atoms with van der Waals surface area (Å²) in [6, 6.07) is 13.8. The molecule has 0 fully saturated rings. The molecular formula is C19H15ClN2O4. The quantitative estimate of drug-likeness (QED) is 0.663. The molecule has 0 spiro atoms. The zero-order valence-corrected chi connectivity index (χ0v) is 14.4. The van der Waals surface area contributed by atoms with Crippen LogP contribution in [-0.2, 0) is 19.1 Å².